The van der Waals surface area contributed by atoms with Crippen LogP contribution in [0.15, 0.2) is 35.3 Å². The van der Waals surface area contributed by atoms with Gasteiger partial charge in [0.05, 0.1) is 16.7 Å². The van der Waals surface area contributed by atoms with Crippen LogP contribution in [0.2, 0.25) is 10.0 Å². The Labute approximate surface area is 108 Å². The Balaban J connectivity index is 2.59. The van der Waals surface area contributed by atoms with Crippen molar-refractivity contribution in [1.29, 1.82) is 0 Å². The Morgan fingerprint density at radius 3 is 2.59 bits per heavy atom. The molecule has 0 unspecified atom stereocenters. The van der Waals surface area contributed by atoms with Crippen molar-refractivity contribution in [3.8, 4) is 11.1 Å². The first-order chi connectivity index (χ1) is 8.11. The molecule has 5 heteroatoms. The Morgan fingerprint density at radius 2 is 1.94 bits per heavy atom. The van der Waals surface area contributed by atoms with Crippen molar-refractivity contribution in [2.45, 2.75) is 6.61 Å². The lowest BCUT2D eigenvalue weighted by atomic mass is 10.1. The molecule has 1 aromatic heterocycles. The second-order valence-electron chi connectivity index (χ2n) is 3.54. The smallest absolute Gasteiger partial charge is 0.255 e. The molecule has 1 aromatic carbocycles. The molecule has 0 aliphatic rings. The van der Waals surface area contributed by atoms with Crippen molar-refractivity contribution in [2.24, 2.45) is 0 Å². The maximum atomic E-state index is 11.7. The second kappa shape index (κ2) is 4.92. The predicted octanol–water partition coefficient (Wildman–Crippen LogP) is 2.84. The molecule has 0 bridgehead atoms. The SMILES string of the molecule is O=c1[nH]cc(CO)cc1-c1ccc(Cl)c(Cl)c1. The number of hydrogen-bond acceptors (Lipinski definition) is 2. The second-order valence-corrected chi connectivity index (χ2v) is 4.35. The van der Waals surface area contributed by atoms with Gasteiger partial charge in [-0.15, -0.1) is 0 Å². The summed E-state index contributed by atoms with van der Waals surface area (Å²) in [7, 11) is 0. The van der Waals surface area contributed by atoms with Gasteiger partial charge in [-0.1, -0.05) is 29.3 Å². The molecule has 0 spiro atoms. The zero-order chi connectivity index (χ0) is 12.4. The van der Waals surface area contributed by atoms with E-state index < -0.39 is 0 Å². The molecular weight excluding hydrogens is 261 g/mol. The summed E-state index contributed by atoms with van der Waals surface area (Å²) >= 11 is 11.7. The van der Waals surface area contributed by atoms with Gasteiger partial charge in [-0.2, -0.15) is 0 Å². The lowest BCUT2D eigenvalue weighted by Crippen LogP contribution is -2.09. The first-order valence-electron chi connectivity index (χ1n) is 4.89. The van der Waals surface area contributed by atoms with E-state index in [2.05, 4.69) is 4.98 Å². The maximum Gasteiger partial charge on any atom is 0.255 e. The molecule has 0 saturated carbocycles. The number of aromatic nitrogens is 1. The number of H-pyrrole nitrogens is 1. The molecule has 0 aliphatic heterocycles. The van der Waals surface area contributed by atoms with Gasteiger partial charge in [0.2, 0.25) is 0 Å². The highest BCUT2D eigenvalue weighted by molar-refractivity contribution is 6.42. The van der Waals surface area contributed by atoms with E-state index in [1.54, 1.807) is 24.3 Å². The number of hydrogen-bond donors (Lipinski definition) is 2. The first kappa shape index (κ1) is 12.2. The summed E-state index contributed by atoms with van der Waals surface area (Å²) in [5, 5.41) is 9.85. The van der Waals surface area contributed by atoms with Gasteiger partial charge in [0.1, 0.15) is 0 Å². The zero-order valence-electron chi connectivity index (χ0n) is 8.71. The molecule has 88 valence electrons. The van der Waals surface area contributed by atoms with E-state index in [0.29, 0.717) is 26.7 Å². The van der Waals surface area contributed by atoms with E-state index >= 15 is 0 Å². The third-order valence-corrected chi connectivity index (χ3v) is 3.12. The van der Waals surface area contributed by atoms with Gasteiger partial charge in [0.25, 0.3) is 5.56 Å². The third-order valence-electron chi connectivity index (χ3n) is 2.38. The van der Waals surface area contributed by atoms with Crippen LogP contribution in [0.5, 0.6) is 0 Å². The number of benzene rings is 1. The standard InChI is InChI=1S/C12H9Cl2NO2/c13-10-2-1-8(4-11(10)14)9-3-7(6-16)5-15-12(9)17/h1-5,16H,6H2,(H,15,17). The minimum absolute atomic E-state index is 0.134. The van der Waals surface area contributed by atoms with Gasteiger partial charge in [0, 0.05) is 11.8 Å². The summed E-state index contributed by atoms with van der Waals surface area (Å²) in [4.78, 5) is 14.2. The Hall–Kier alpha value is -1.29. The summed E-state index contributed by atoms with van der Waals surface area (Å²) in [5.74, 6) is 0. The monoisotopic (exact) mass is 269 g/mol. The van der Waals surface area contributed by atoms with Crippen LogP contribution in [0.4, 0.5) is 0 Å². The molecule has 2 N–H and O–H groups in total. The number of nitrogens with one attached hydrogen (secondary N) is 1. The summed E-state index contributed by atoms with van der Waals surface area (Å²) in [6.07, 6.45) is 1.48. The van der Waals surface area contributed by atoms with E-state index in [9.17, 15) is 4.79 Å². The average molecular weight is 270 g/mol. The lowest BCUT2D eigenvalue weighted by molar-refractivity contribution is 0.281. The zero-order valence-corrected chi connectivity index (χ0v) is 10.2. The Bertz CT molecular complexity index is 608. The molecule has 17 heavy (non-hydrogen) atoms. The predicted molar refractivity (Wildman–Crippen MR) is 68.4 cm³/mol. The Kier molecular flexibility index (Phi) is 3.52. The number of pyridine rings is 1. The van der Waals surface area contributed by atoms with E-state index in [-0.39, 0.29) is 12.2 Å². The average Bonchev–Trinajstić information content (AvgIpc) is 2.33. The molecule has 0 atom stereocenters. The highest BCUT2D eigenvalue weighted by atomic mass is 35.5. The number of halogens is 2. The fraction of sp³-hybridized carbons (Fsp3) is 0.0833. The molecular formula is C12H9Cl2NO2. The quantitative estimate of drug-likeness (QED) is 0.881. The van der Waals surface area contributed by atoms with Crippen LogP contribution in [-0.4, -0.2) is 10.1 Å². The van der Waals surface area contributed by atoms with Crippen molar-refractivity contribution in [1.82, 2.24) is 4.98 Å². The van der Waals surface area contributed by atoms with E-state index in [4.69, 9.17) is 28.3 Å². The number of aliphatic hydroxyl groups is 1. The van der Waals surface area contributed by atoms with Crippen LogP contribution in [0, 0.1) is 0 Å². The van der Waals surface area contributed by atoms with Crippen LogP contribution >= 0.6 is 23.2 Å². The molecule has 2 rings (SSSR count). The van der Waals surface area contributed by atoms with Gasteiger partial charge in [0.15, 0.2) is 0 Å². The molecule has 0 aliphatic carbocycles. The lowest BCUT2D eigenvalue weighted by Gasteiger charge is -2.04. The highest BCUT2D eigenvalue weighted by Crippen LogP contribution is 2.27. The molecule has 1 heterocycles. The summed E-state index contributed by atoms with van der Waals surface area (Å²) in [6, 6.07) is 6.58. The van der Waals surface area contributed by atoms with E-state index in [0.717, 1.165) is 0 Å². The number of aromatic amines is 1. The van der Waals surface area contributed by atoms with Gasteiger partial charge < -0.3 is 10.1 Å². The largest absolute Gasteiger partial charge is 0.392 e. The fourth-order valence-electron chi connectivity index (χ4n) is 1.50. The van der Waals surface area contributed by atoms with Crippen LogP contribution in [0.3, 0.4) is 0 Å². The van der Waals surface area contributed by atoms with Crippen molar-refractivity contribution in [2.75, 3.05) is 0 Å². The molecule has 0 saturated heterocycles. The topological polar surface area (TPSA) is 53.1 Å². The van der Waals surface area contributed by atoms with Gasteiger partial charge in [-0.25, -0.2) is 0 Å². The Morgan fingerprint density at radius 1 is 1.18 bits per heavy atom. The molecule has 0 amide bonds. The number of aliphatic hydroxyl groups excluding tert-OH is 1. The normalized spacial score (nSPS) is 10.5. The summed E-state index contributed by atoms with van der Waals surface area (Å²) < 4.78 is 0. The summed E-state index contributed by atoms with van der Waals surface area (Å²) in [5.41, 5.74) is 1.51. The van der Waals surface area contributed by atoms with Crippen molar-refractivity contribution in [3.05, 3.63) is 56.4 Å². The minimum atomic E-state index is -0.236. The maximum absolute atomic E-state index is 11.7. The fourth-order valence-corrected chi connectivity index (χ4v) is 1.80. The summed E-state index contributed by atoms with van der Waals surface area (Å²) in [6.45, 7) is -0.134. The molecule has 2 aromatic rings. The molecule has 0 fully saturated rings. The highest BCUT2D eigenvalue weighted by Gasteiger charge is 2.06. The molecule has 3 nitrogen and oxygen atoms in total. The van der Waals surface area contributed by atoms with E-state index in [1.165, 1.54) is 6.20 Å². The van der Waals surface area contributed by atoms with Crippen molar-refractivity contribution >= 4 is 23.2 Å². The van der Waals surface area contributed by atoms with Crippen LogP contribution in [0.25, 0.3) is 11.1 Å². The van der Waals surface area contributed by atoms with Crippen LogP contribution < -0.4 is 5.56 Å². The minimum Gasteiger partial charge on any atom is -0.392 e. The van der Waals surface area contributed by atoms with Gasteiger partial charge >= 0.3 is 0 Å². The van der Waals surface area contributed by atoms with Gasteiger partial charge in [-0.3, -0.25) is 4.79 Å². The van der Waals surface area contributed by atoms with Crippen LogP contribution in [-0.2, 0) is 6.61 Å². The first-order valence-corrected chi connectivity index (χ1v) is 5.65. The van der Waals surface area contributed by atoms with Crippen LogP contribution in [0.1, 0.15) is 5.56 Å². The van der Waals surface area contributed by atoms with Gasteiger partial charge in [-0.05, 0) is 29.3 Å². The van der Waals surface area contributed by atoms with Crippen molar-refractivity contribution < 1.29 is 5.11 Å². The van der Waals surface area contributed by atoms with Crippen molar-refractivity contribution in [3.63, 3.8) is 0 Å². The molecule has 0 radical (unpaired) electrons. The number of rotatable bonds is 2. The third kappa shape index (κ3) is 2.52. The van der Waals surface area contributed by atoms with E-state index in [1.807, 2.05) is 0 Å².